The predicted octanol–water partition coefficient (Wildman–Crippen LogP) is 1.96. The van der Waals surface area contributed by atoms with Crippen molar-refractivity contribution in [1.29, 1.82) is 0 Å². The minimum atomic E-state index is -1.04. The number of carbonyl (C=O) groups is 1. The highest BCUT2D eigenvalue weighted by Crippen LogP contribution is 2.63. The summed E-state index contributed by atoms with van der Waals surface area (Å²) in [6, 6.07) is 6.78. The standard InChI is InChI=1S/C15H19FN2O2/c16-13-4-2-1-3-12(13)15(9-18-14(19)20)10-5-7-17-8-6-11(10)15/h1-4,10-11,17-18H,5-9H2,(H,19,20)/t10-,11+,15?. The van der Waals surface area contributed by atoms with E-state index in [1.165, 1.54) is 6.07 Å². The molecule has 0 spiro atoms. The molecule has 1 saturated carbocycles. The topological polar surface area (TPSA) is 61.4 Å². The van der Waals surface area contributed by atoms with Gasteiger partial charge in [-0.05, 0) is 49.4 Å². The molecule has 2 fully saturated rings. The van der Waals surface area contributed by atoms with Crippen LogP contribution < -0.4 is 10.6 Å². The molecule has 3 N–H and O–H groups in total. The van der Waals surface area contributed by atoms with E-state index in [9.17, 15) is 9.18 Å². The third kappa shape index (κ3) is 2.06. The van der Waals surface area contributed by atoms with E-state index in [0.29, 0.717) is 23.9 Å². The molecule has 1 aliphatic heterocycles. The number of hydrogen-bond donors (Lipinski definition) is 3. The Kier molecular flexibility index (Phi) is 3.38. The van der Waals surface area contributed by atoms with Crippen LogP contribution in [0.15, 0.2) is 24.3 Å². The lowest BCUT2D eigenvalue weighted by Crippen LogP contribution is -2.35. The molecule has 0 aromatic heterocycles. The molecule has 1 unspecified atom stereocenters. The molecule has 5 heteroatoms. The first-order valence-electron chi connectivity index (χ1n) is 7.09. The molecular weight excluding hydrogens is 259 g/mol. The summed E-state index contributed by atoms with van der Waals surface area (Å²) in [5.74, 6) is 0.503. The van der Waals surface area contributed by atoms with Crippen molar-refractivity contribution in [2.75, 3.05) is 19.6 Å². The molecule has 3 rings (SSSR count). The zero-order valence-electron chi connectivity index (χ0n) is 11.2. The zero-order chi connectivity index (χ0) is 14.2. The van der Waals surface area contributed by atoms with Crippen molar-refractivity contribution in [1.82, 2.24) is 10.6 Å². The number of hydrogen-bond acceptors (Lipinski definition) is 2. The summed E-state index contributed by atoms with van der Waals surface area (Å²) in [7, 11) is 0. The molecule has 3 atom stereocenters. The minimum absolute atomic E-state index is 0.222. The van der Waals surface area contributed by atoms with E-state index >= 15 is 0 Å². The van der Waals surface area contributed by atoms with Gasteiger partial charge in [-0.2, -0.15) is 0 Å². The summed E-state index contributed by atoms with van der Waals surface area (Å²) >= 11 is 0. The minimum Gasteiger partial charge on any atom is -0.465 e. The van der Waals surface area contributed by atoms with Gasteiger partial charge < -0.3 is 15.7 Å². The highest BCUT2D eigenvalue weighted by Gasteiger charge is 2.65. The number of halogens is 1. The van der Waals surface area contributed by atoms with Crippen LogP contribution in [0.5, 0.6) is 0 Å². The fourth-order valence-corrected chi connectivity index (χ4v) is 3.98. The van der Waals surface area contributed by atoms with Crippen molar-refractivity contribution >= 4 is 6.09 Å². The quantitative estimate of drug-likeness (QED) is 0.792. The van der Waals surface area contributed by atoms with E-state index < -0.39 is 6.09 Å². The van der Waals surface area contributed by atoms with Gasteiger partial charge in [0.2, 0.25) is 0 Å². The Hall–Kier alpha value is -1.62. The second kappa shape index (κ2) is 5.05. The maximum absolute atomic E-state index is 14.2. The van der Waals surface area contributed by atoms with E-state index in [1.54, 1.807) is 12.1 Å². The van der Waals surface area contributed by atoms with Gasteiger partial charge in [-0.1, -0.05) is 18.2 Å². The van der Waals surface area contributed by atoms with Crippen molar-refractivity contribution in [3.05, 3.63) is 35.6 Å². The highest BCUT2D eigenvalue weighted by atomic mass is 19.1. The van der Waals surface area contributed by atoms with Gasteiger partial charge in [0.1, 0.15) is 5.82 Å². The second-order valence-corrected chi connectivity index (χ2v) is 5.72. The molecule has 1 aromatic carbocycles. The van der Waals surface area contributed by atoms with Crippen LogP contribution in [0.25, 0.3) is 0 Å². The van der Waals surface area contributed by atoms with Crippen LogP contribution in [0.4, 0.5) is 9.18 Å². The van der Waals surface area contributed by atoms with Crippen molar-refractivity contribution in [3.63, 3.8) is 0 Å². The molecule has 2 aliphatic rings. The molecular formula is C15H19FN2O2. The fraction of sp³-hybridized carbons (Fsp3) is 0.533. The summed E-state index contributed by atoms with van der Waals surface area (Å²) in [4.78, 5) is 10.8. The van der Waals surface area contributed by atoms with Crippen LogP contribution in [0.1, 0.15) is 18.4 Å². The Balaban J connectivity index is 1.93. The maximum Gasteiger partial charge on any atom is 0.404 e. The van der Waals surface area contributed by atoms with Crippen LogP contribution in [0, 0.1) is 17.7 Å². The molecule has 1 aliphatic carbocycles. The molecule has 20 heavy (non-hydrogen) atoms. The van der Waals surface area contributed by atoms with Gasteiger partial charge in [0.25, 0.3) is 0 Å². The van der Waals surface area contributed by atoms with Crippen molar-refractivity contribution in [3.8, 4) is 0 Å². The summed E-state index contributed by atoms with van der Waals surface area (Å²) in [6.45, 7) is 2.15. The first-order chi connectivity index (χ1) is 9.66. The lowest BCUT2D eigenvalue weighted by atomic mass is 9.89. The number of nitrogens with one attached hydrogen (secondary N) is 2. The number of amides is 1. The summed E-state index contributed by atoms with van der Waals surface area (Å²) < 4.78 is 14.2. The normalized spacial score (nSPS) is 32.0. The lowest BCUT2D eigenvalue weighted by Gasteiger charge is -2.21. The Bertz CT molecular complexity index is 508. The number of rotatable bonds is 3. The molecule has 1 amide bonds. The van der Waals surface area contributed by atoms with E-state index in [2.05, 4.69) is 10.6 Å². The molecule has 1 heterocycles. The second-order valence-electron chi connectivity index (χ2n) is 5.72. The van der Waals surface area contributed by atoms with Gasteiger partial charge in [0, 0.05) is 12.0 Å². The first-order valence-corrected chi connectivity index (χ1v) is 7.09. The summed E-state index contributed by atoms with van der Waals surface area (Å²) in [5.41, 5.74) is 0.317. The largest absolute Gasteiger partial charge is 0.465 e. The van der Waals surface area contributed by atoms with Crippen molar-refractivity contribution in [2.24, 2.45) is 11.8 Å². The predicted molar refractivity (Wildman–Crippen MR) is 73.2 cm³/mol. The molecule has 108 valence electrons. The third-order valence-electron chi connectivity index (χ3n) is 4.87. The van der Waals surface area contributed by atoms with E-state index in [-0.39, 0.29) is 11.2 Å². The van der Waals surface area contributed by atoms with E-state index in [4.69, 9.17) is 5.11 Å². The van der Waals surface area contributed by atoms with Gasteiger partial charge in [0.05, 0.1) is 0 Å². The molecule has 1 aromatic rings. The fourth-order valence-electron chi connectivity index (χ4n) is 3.98. The van der Waals surface area contributed by atoms with Gasteiger partial charge in [-0.3, -0.25) is 0 Å². The van der Waals surface area contributed by atoms with Gasteiger partial charge in [-0.25, -0.2) is 9.18 Å². The van der Waals surface area contributed by atoms with Gasteiger partial charge >= 0.3 is 6.09 Å². The molecule has 4 nitrogen and oxygen atoms in total. The zero-order valence-corrected chi connectivity index (χ0v) is 11.2. The summed E-state index contributed by atoms with van der Waals surface area (Å²) in [5, 5.41) is 14.7. The van der Waals surface area contributed by atoms with E-state index in [1.807, 2.05) is 6.07 Å². The van der Waals surface area contributed by atoms with Crippen LogP contribution in [0.2, 0.25) is 0 Å². The van der Waals surface area contributed by atoms with Crippen molar-refractivity contribution < 1.29 is 14.3 Å². The average molecular weight is 278 g/mol. The first kappa shape index (κ1) is 13.4. The third-order valence-corrected chi connectivity index (χ3v) is 4.87. The van der Waals surface area contributed by atoms with Gasteiger partial charge in [0.15, 0.2) is 0 Å². The van der Waals surface area contributed by atoms with Crippen LogP contribution >= 0.6 is 0 Å². The van der Waals surface area contributed by atoms with Crippen LogP contribution in [0.3, 0.4) is 0 Å². The smallest absolute Gasteiger partial charge is 0.404 e. The monoisotopic (exact) mass is 278 g/mol. The van der Waals surface area contributed by atoms with Gasteiger partial charge in [-0.15, -0.1) is 0 Å². The van der Waals surface area contributed by atoms with E-state index in [0.717, 1.165) is 25.9 Å². The number of fused-ring (bicyclic) bond motifs is 1. The van der Waals surface area contributed by atoms with Crippen molar-refractivity contribution in [2.45, 2.75) is 18.3 Å². The lowest BCUT2D eigenvalue weighted by molar-refractivity contribution is 0.192. The highest BCUT2D eigenvalue weighted by molar-refractivity contribution is 5.65. The average Bonchev–Trinajstić information content (AvgIpc) is 3.09. The number of carboxylic acid groups (broad SMARTS) is 1. The molecule has 1 saturated heterocycles. The Morgan fingerprint density at radius 1 is 1.35 bits per heavy atom. The SMILES string of the molecule is O=C(O)NCC1(c2ccccc2F)[C@@H]2CCNCC[C@@H]21. The molecule has 0 bridgehead atoms. The molecule has 0 radical (unpaired) electrons. The van der Waals surface area contributed by atoms with Crippen LogP contribution in [-0.2, 0) is 5.41 Å². The van der Waals surface area contributed by atoms with Crippen LogP contribution in [-0.4, -0.2) is 30.8 Å². The maximum atomic E-state index is 14.2. The Labute approximate surface area is 117 Å². The summed E-state index contributed by atoms with van der Waals surface area (Å²) in [6.07, 6.45) is 0.904. The Morgan fingerprint density at radius 3 is 2.60 bits per heavy atom. The number of benzene rings is 1. The Morgan fingerprint density at radius 2 is 2.00 bits per heavy atom.